The molecular weight excluding hydrogens is 310 g/mol. The highest BCUT2D eigenvalue weighted by Gasteiger charge is 2.32. The maximum absolute atomic E-state index is 12.6. The van der Waals surface area contributed by atoms with Gasteiger partial charge in [-0.3, -0.25) is 4.79 Å². The number of hydroxylamine groups is 2. The number of carbonyl (C=O) groups is 1. The molecule has 24 heavy (non-hydrogen) atoms. The van der Waals surface area contributed by atoms with Gasteiger partial charge in [0.15, 0.2) is 11.5 Å². The van der Waals surface area contributed by atoms with Crippen LogP contribution in [0.3, 0.4) is 0 Å². The van der Waals surface area contributed by atoms with Crippen molar-refractivity contribution in [1.82, 2.24) is 5.06 Å². The van der Waals surface area contributed by atoms with Crippen molar-refractivity contribution in [3.8, 4) is 11.5 Å². The first kappa shape index (κ1) is 15.0. The summed E-state index contributed by atoms with van der Waals surface area (Å²) in [5.41, 5.74) is 1.35. The van der Waals surface area contributed by atoms with Crippen LogP contribution in [0.25, 0.3) is 0 Å². The Morgan fingerprint density at radius 3 is 2.71 bits per heavy atom. The smallest absolute Gasteiger partial charge is 0.277 e. The molecule has 2 heterocycles. The van der Waals surface area contributed by atoms with Gasteiger partial charge in [0, 0.05) is 11.1 Å². The monoisotopic (exact) mass is 327 g/mol. The van der Waals surface area contributed by atoms with Crippen molar-refractivity contribution in [1.29, 1.82) is 0 Å². The first-order valence-electron chi connectivity index (χ1n) is 7.79. The molecular formula is C18H17NO5. The average molecular weight is 327 g/mol. The van der Waals surface area contributed by atoms with Crippen molar-refractivity contribution in [3.63, 3.8) is 0 Å². The predicted molar refractivity (Wildman–Crippen MR) is 84.4 cm³/mol. The molecule has 2 aliphatic rings. The third kappa shape index (κ3) is 2.81. The number of fused-ring (bicyclic) bond motifs is 1. The summed E-state index contributed by atoms with van der Waals surface area (Å²) in [6, 6.07) is 14.5. The zero-order valence-electron chi connectivity index (χ0n) is 13.2. The summed E-state index contributed by atoms with van der Waals surface area (Å²) < 4.78 is 16.5. The molecule has 2 atom stereocenters. The first-order chi connectivity index (χ1) is 11.7. The number of carbonyl (C=O) groups excluding carboxylic acids is 1. The average Bonchev–Trinajstić information content (AvgIpc) is 3.09. The molecule has 0 aliphatic carbocycles. The SMILES string of the molecule is C[C@@H]1CN(C(=O)c2ccccc2)O[C@@H](c2ccc3c(c2)OCO3)O1. The zero-order valence-corrected chi connectivity index (χ0v) is 13.2. The van der Waals surface area contributed by atoms with E-state index in [-0.39, 0.29) is 18.8 Å². The van der Waals surface area contributed by atoms with Gasteiger partial charge in [0.05, 0.1) is 12.6 Å². The van der Waals surface area contributed by atoms with Crippen LogP contribution in [0.4, 0.5) is 0 Å². The second kappa shape index (κ2) is 6.14. The van der Waals surface area contributed by atoms with Crippen LogP contribution < -0.4 is 9.47 Å². The molecule has 2 aromatic rings. The normalized spacial score (nSPS) is 22.5. The molecule has 0 bridgehead atoms. The van der Waals surface area contributed by atoms with Gasteiger partial charge in [0.25, 0.3) is 5.91 Å². The first-order valence-corrected chi connectivity index (χ1v) is 7.79. The highest BCUT2D eigenvalue weighted by atomic mass is 16.8. The number of nitrogens with zero attached hydrogens (tertiary/aromatic N) is 1. The van der Waals surface area contributed by atoms with Crippen molar-refractivity contribution in [2.24, 2.45) is 0 Å². The minimum Gasteiger partial charge on any atom is -0.454 e. The Morgan fingerprint density at radius 2 is 1.88 bits per heavy atom. The van der Waals surface area contributed by atoms with E-state index in [2.05, 4.69) is 0 Å². The number of benzene rings is 2. The highest BCUT2D eigenvalue weighted by molar-refractivity contribution is 5.93. The van der Waals surface area contributed by atoms with Gasteiger partial charge in [-0.25, -0.2) is 9.90 Å². The Kier molecular flexibility index (Phi) is 3.84. The van der Waals surface area contributed by atoms with Crippen molar-refractivity contribution in [2.45, 2.75) is 19.3 Å². The van der Waals surface area contributed by atoms with Crippen molar-refractivity contribution >= 4 is 5.91 Å². The molecule has 0 saturated carbocycles. The van der Waals surface area contributed by atoms with Crippen LogP contribution in [0.2, 0.25) is 0 Å². The number of hydrogen-bond donors (Lipinski definition) is 0. The van der Waals surface area contributed by atoms with Gasteiger partial charge in [-0.05, 0) is 37.3 Å². The molecule has 1 fully saturated rings. The largest absolute Gasteiger partial charge is 0.454 e. The predicted octanol–water partition coefficient (Wildman–Crippen LogP) is 2.91. The highest BCUT2D eigenvalue weighted by Crippen LogP contribution is 2.36. The Hall–Kier alpha value is -2.57. The lowest BCUT2D eigenvalue weighted by molar-refractivity contribution is -0.320. The topological polar surface area (TPSA) is 57.2 Å². The minimum absolute atomic E-state index is 0.151. The van der Waals surface area contributed by atoms with E-state index in [1.54, 1.807) is 12.1 Å². The molecule has 124 valence electrons. The van der Waals surface area contributed by atoms with Crippen LogP contribution in [-0.4, -0.2) is 30.4 Å². The Bertz CT molecular complexity index is 748. The van der Waals surface area contributed by atoms with Gasteiger partial charge < -0.3 is 14.2 Å². The van der Waals surface area contributed by atoms with Crippen LogP contribution in [-0.2, 0) is 9.57 Å². The molecule has 6 nitrogen and oxygen atoms in total. The van der Waals surface area contributed by atoms with E-state index in [0.717, 1.165) is 5.56 Å². The number of ether oxygens (including phenoxy) is 3. The second-order valence-corrected chi connectivity index (χ2v) is 5.73. The lowest BCUT2D eigenvalue weighted by Gasteiger charge is -2.36. The summed E-state index contributed by atoms with van der Waals surface area (Å²) in [5, 5.41) is 1.36. The fraction of sp³-hybridized carbons (Fsp3) is 0.278. The van der Waals surface area contributed by atoms with E-state index < -0.39 is 6.29 Å². The maximum atomic E-state index is 12.6. The molecule has 0 radical (unpaired) electrons. The van der Waals surface area contributed by atoms with Gasteiger partial charge >= 0.3 is 0 Å². The molecule has 0 spiro atoms. The van der Waals surface area contributed by atoms with Crippen LogP contribution in [0, 0.1) is 0 Å². The van der Waals surface area contributed by atoms with E-state index in [0.29, 0.717) is 23.6 Å². The van der Waals surface area contributed by atoms with Crippen LogP contribution in [0.1, 0.15) is 29.1 Å². The zero-order chi connectivity index (χ0) is 16.5. The molecule has 6 heteroatoms. The third-order valence-corrected chi connectivity index (χ3v) is 3.92. The van der Waals surface area contributed by atoms with Gasteiger partial charge in [-0.1, -0.05) is 18.2 Å². The van der Waals surface area contributed by atoms with E-state index in [9.17, 15) is 4.79 Å². The van der Waals surface area contributed by atoms with Crippen LogP contribution in [0.5, 0.6) is 11.5 Å². The molecule has 2 aromatic carbocycles. The van der Waals surface area contributed by atoms with E-state index in [4.69, 9.17) is 19.0 Å². The summed E-state index contributed by atoms with van der Waals surface area (Å²) in [6.07, 6.45) is -0.822. The quantitative estimate of drug-likeness (QED) is 0.849. The second-order valence-electron chi connectivity index (χ2n) is 5.73. The van der Waals surface area contributed by atoms with Gasteiger partial charge in [-0.2, -0.15) is 0 Å². The summed E-state index contributed by atoms with van der Waals surface area (Å²) >= 11 is 0. The van der Waals surface area contributed by atoms with E-state index in [1.165, 1.54) is 5.06 Å². The number of hydrogen-bond acceptors (Lipinski definition) is 5. The molecule has 4 rings (SSSR count). The standard InChI is InChI=1S/C18H17NO5/c1-12-10-19(17(20)13-5-3-2-4-6-13)24-18(23-12)14-7-8-15-16(9-14)22-11-21-15/h2-9,12,18H,10-11H2,1H3/t12-,18+/m1/s1. The molecule has 1 amide bonds. The molecule has 0 unspecified atom stereocenters. The van der Waals surface area contributed by atoms with Crippen molar-refractivity contribution < 1.29 is 23.8 Å². The molecule has 0 N–H and O–H groups in total. The summed E-state index contributed by atoms with van der Waals surface area (Å²) in [7, 11) is 0. The van der Waals surface area contributed by atoms with Crippen LogP contribution in [0.15, 0.2) is 48.5 Å². The fourth-order valence-electron chi connectivity index (χ4n) is 2.73. The molecule has 2 aliphatic heterocycles. The maximum Gasteiger partial charge on any atom is 0.277 e. The summed E-state index contributed by atoms with van der Waals surface area (Å²) in [4.78, 5) is 18.4. The van der Waals surface area contributed by atoms with Crippen LogP contribution >= 0.6 is 0 Å². The molecule has 1 saturated heterocycles. The van der Waals surface area contributed by atoms with E-state index in [1.807, 2.05) is 43.3 Å². The third-order valence-electron chi connectivity index (χ3n) is 3.92. The molecule has 0 aromatic heterocycles. The summed E-state index contributed by atoms with van der Waals surface area (Å²) in [5.74, 6) is 1.16. The van der Waals surface area contributed by atoms with Gasteiger partial charge in [0.1, 0.15) is 0 Å². The Labute approximate surface area is 139 Å². The van der Waals surface area contributed by atoms with Gasteiger partial charge in [0.2, 0.25) is 13.1 Å². The van der Waals surface area contributed by atoms with E-state index >= 15 is 0 Å². The van der Waals surface area contributed by atoms with Crippen molar-refractivity contribution in [3.05, 3.63) is 59.7 Å². The van der Waals surface area contributed by atoms with Gasteiger partial charge in [-0.15, -0.1) is 0 Å². The lowest BCUT2D eigenvalue weighted by atomic mass is 10.2. The number of amides is 1. The lowest BCUT2D eigenvalue weighted by Crippen LogP contribution is -2.44. The summed E-state index contributed by atoms with van der Waals surface area (Å²) in [6.45, 7) is 2.49. The van der Waals surface area contributed by atoms with Crippen molar-refractivity contribution in [2.75, 3.05) is 13.3 Å². The number of rotatable bonds is 2. The Morgan fingerprint density at radius 1 is 1.08 bits per heavy atom. The Balaban J connectivity index is 1.56. The minimum atomic E-state index is -0.670. The fourth-order valence-corrected chi connectivity index (χ4v) is 2.73.